The third kappa shape index (κ3) is 1.47. The molecule has 0 fully saturated rings. The van der Waals surface area contributed by atoms with Gasteiger partial charge in [-0.25, -0.2) is 0 Å². The van der Waals surface area contributed by atoms with Gasteiger partial charge in [0.1, 0.15) is 18.2 Å². The summed E-state index contributed by atoms with van der Waals surface area (Å²) in [5.41, 5.74) is -3.16. The molecule has 0 aliphatic heterocycles. The van der Waals surface area contributed by atoms with Crippen LogP contribution in [0.25, 0.3) is 0 Å². The van der Waals surface area contributed by atoms with Gasteiger partial charge in [-0.2, -0.15) is 27.1 Å². The minimum absolute atomic E-state index is 0.210. The monoisotopic (exact) mass is 292 g/mol. The van der Waals surface area contributed by atoms with Gasteiger partial charge in [-0.1, -0.05) is 11.8 Å². The van der Waals surface area contributed by atoms with Gasteiger partial charge in [0, 0.05) is 5.56 Å². The summed E-state index contributed by atoms with van der Waals surface area (Å²) < 4.78 is 66.8. The van der Waals surface area contributed by atoms with Crippen molar-refractivity contribution in [3.63, 3.8) is 0 Å². The molecule has 2 aliphatic carbocycles. The van der Waals surface area contributed by atoms with Crippen molar-refractivity contribution in [1.82, 2.24) is 9.78 Å². The summed E-state index contributed by atoms with van der Waals surface area (Å²) >= 11 is 0. The fourth-order valence-corrected chi connectivity index (χ4v) is 2.51. The molecule has 2 atom stereocenters. The minimum atomic E-state index is -4.93. The van der Waals surface area contributed by atoms with Crippen molar-refractivity contribution in [3.8, 4) is 11.8 Å². The summed E-state index contributed by atoms with van der Waals surface area (Å²) in [5, 5.41) is 11.6. The smallest absolute Gasteiger partial charge is 0.435 e. The van der Waals surface area contributed by atoms with Crippen LogP contribution < -0.4 is 0 Å². The normalized spacial score (nSPS) is 25.2. The summed E-state index contributed by atoms with van der Waals surface area (Å²) in [6.07, 6.45) is -4.93. The molecule has 0 radical (unpaired) electrons. The molecule has 2 aliphatic rings. The van der Waals surface area contributed by atoms with Gasteiger partial charge in [0.2, 0.25) is 0 Å². The molecule has 3 rings (SSSR count). The van der Waals surface area contributed by atoms with Gasteiger partial charge in [0.25, 0.3) is 0 Å². The topological polar surface area (TPSA) is 55.1 Å². The lowest BCUT2D eigenvalue weighted by Crippen LogP contribution is -2.29. The van der Waals surface area contributed by atoms with Gasteiger partial charge in [-0.15, -0.1) is 0 Å². The fraction of sp³-hybridized carbons (Fsp3) is 0.455. The van der Waals surface area contributed by atoms with Crippen molar-refractivity contribution in [2.45, 2.75) is 24.6 Å². The van der Waals surface area contributed by atoms with E-state index in [0.717, 1.165) is 0 Å². The number of alkyl halides is 5. The van der Waals surface area contributed by atoms with Crippen molar-refractivity contribution in [2.24, 2.45) is 5.92 Å². The maximum atomic E-state index is 14.0. The molecule has 0 amide bonds. The molecule has 106 valence electrons. The molecule has 0 aromatic carbocycles. The first kappa shape index (κ1) is 12.9. The summed E-state index contributed by atoms with van der Waals surface area (Å²) in [4.78, 5) is 10.6. The van der Waals surface area contributed by atoms with E-state index in [-0.39, 0.29) is 4.68 Å². The van der Waals surface area contributed by atoms with Crippen LogP contribution >= 0.6 is 0 Å². The first-order valence-corrected chi connectivity index (χ1v) is 5.43. The van der Waals surface area contributed by atoms with Crippen LogP contribution in [0.5, 0.6) is 0 Å². The molecule has 0 bridgehead atoms. The number of aliphatic carboxylic acids is 1. The Kier molecular flexibility index (Phi) is 2.26. The number of hydrogen-bond donors (Lipinski definition) is 1. The zero-order valence-corrected chi connectivity index (χ0v) is 9.50. The molecular formula is C11H5F5N2O2. The van der Waals surface area contributed by atoms with Crippen LogP contribution in [0.3, 0.4) is 0 Å². The number of carboxylic acid groups (broad SMARTS) is 1. The lowest BCUT2D eigenvalue weighted by Gasteiger charge is -2.23. The predicted octanol–water partition coefficient (Wildman–Crippen LogP) is 1.81. The van der Waals surface area contributed by atoms with Gasteiger partial charge < -0.3 is 5.11 Å². The lowest BCUT2D eigenvalue weighted by molar-refractivity contribution is -0.144. The highest BCUT2D eigenvalue weighted by Crippen LogP contribution is 2.57. The fourth-order valence-electron chi connectivity index (χ4n) is 2.51. The number of carbonyl (C=O) groups is 1. The van der Waals surface area contributed by atoms with E-state index in [1.807, 2.05) is 0 Å². The second-order valence-electron chi connectivity index (χ2n) is 4.53. The predicted molar refractivity (Wildman–Crippen MR) is 52.8 cm³/mol. The maximum Gasteiger partial charge on any atom is 0.435 e. The van der Waals surface area contributed by atoms with E-state index in [1.165, 1.54) is 0 Å². The first-order chi connectivity index (χ1) is 9.14. The molecule has 9 heteroatoms. The first-order valence-electron chi connectivity index (χ1n) is 5.43. The van der Waals surface area contributed by atoms with Crippen molar-refractivity contribution in [2.75, 3.05) is 0 Å². The minimum Gasteiger partial charge on any atom is -0.480 e. The van der Waals surface area contributed by atoms with Gasteiger partial charge in [-0.3, -0.25) is 9.48 Å². The molecule has 0 saturated carbocycles. The summed E-state index contributed by atoms with van der Waals surface area (Å²) in [7, 11) is 0. The van der Waals surface area contributed by atoms with Crippen LogP contribution in [0.2, 0.25) is 0 Å². The van der Waals surface area contributed by atoms with E-state index < -0.39 is 53.4 Å². The van der Waals surface area contributed by atoms with E-state index in [1.54, 1.807) is 0 Å². The highest BCUT2D eigenvalue weighted by molar-refractivity contribution is 5.67. The van der Waals surface area contributed by atoms with E-state index in [2.05, 4.69) is 16.9 Å². The number of aromatic nitrogens is 2. The molecule has 1 aromatic rings. The summed E-state index contributed by atoms with van der Waals surface area (Å²) in [6.45, 7) is -1.06. The largest absolute Gasteiger partial charge is 0.480 e. The molecule has 4 nitrogen and oxygen atoms in total. The van der Waals surface area contributed by atoms with Crippen molar-refractivity contribution in [3.05, 3.63) is 17.0 Å². The van der Waals surface area contributed by atoms with Crippen LogP contribution in [0.15, 0.2) is 0 Å². The number of carboxylic acids is 1. The highest BCUT2D eigenvalue weighted by Gasteiger charge is 2.62. The SMILES string of the molecule is O=C(O)Cn1nc(C(F)(F)F)c2c1C(F)(F)C1C#CC21. The van der Waals surface area contributed by atoms with E-state index in [0.29, 0.717) is 0 Å². The number of rotatable bonds is 2. The summed E-state index contributed by atoms with van der Waals surface area (Å²) in [6, 6.07) is 0. The molecule has 2 unspecified atom stereocenters. The van der Waals surface area contributed by atoms with E-state index in [4.69, 9.17) is 5.11 Å². The third-order valence-electron chi connectivity index (χ3n) is 3.29. The third-order valence-corrected chi connectivity index (χ3v) is 3.29. The molecule has 1 N–H and O–H groups in total. The van der Waals surface area contributed by atoms with Gasteiger partial charge >= 0.3 is 18.1 Å². The Morgan fingerprint density at radius 1 is 1.40 bits per heavy atom. The highest BCUT2D eigenvalue weighted by atomic mass is 19.4. The van der Waals surface area contributed by atoms with Crippen molar-refractivity contribution >= 4 is 5.97 Å². The number of halogens is 5. The van der Waals surface area contributed by atoms with Gasteiger partial charge in [0.15, 0.2) is 5.69 Å². The molecule has 0 saturated heterocycles. The number of fused-ring (bicyclic) bond motifs is 3. The maximum absolute atomic E-state index is 14.0. The average Bonchev–Trinajstić information content (AvgIpc) is 2.59. The molecule has 0 spiro atoms. The van der Waals surface area contributed by atoms with Crippen LogP contribution in [0.1, 0.15) is 22.9 Å². The summed E-state index contributed by atoms with van der Waals surface area (Å²) in [5.74, 6) is -3.55. The zero-order valence-electron chi connectivity index (χ0n) is 9.50. The van der Waals surface area contributed by atoms with Crippen LogP contribution in [-0.2, 0) is 23.4 Å². The second-order valence-corrected chi connectivity index (χ2v) is 4.53. The Morgan fingerprint density at radius 2 is 2.05 bits per heavy atom. The van der Waals surface area contributed by atoms with E-state index >= 15 is 0 Å². The Balaban J connectivity index is 2.24. The second kappa shape index (κ2) is 3.50. The Labute approximate surface area is 108 Å². The van der Waals surface area contributed by atoms with Crippen molar-refractivity contribution in [1.29, 1.82) is 0 Å². The standard InChI is InChI=1S/C11H5F5N2O2/c12-10(13)5-2-1-4(5)7-8(11(14,15)16)17-18(9(7)10)3-6(19)20/h4-5H,3H2,(H,19,20). The quantitative estimate of drug-likeness (QED) is 0.668. The lowest BCUT2D eigenvalue weighted by atomic mass is 9.84. The van der Waals surface area contributed by atoms with E-state index in [9.17, 15) is 26.7 Å². The van der Waals surface area contributed by atoms with Gasteiger partial charge in [-0.05, 0) is 0 Å². The molecule has 1 aromatic heterocycles. The number of hydrogen-bond acceptors (Lipinski definition) is 2. The Morgan fingerprint density at radius 3 is 2.50 bits per heavy atom. The Bertz CT molecular complexity index is 679. The molecule has 20 heavy (non-hydrogen) atoms. The molecule has 1 heterocycles. The van der Waals surface area contributed by atoms with Crippen LogP contribution in [0.4, 0.5) is 22.0 Å². The number of nitrogens with zero attached hydrogens (tertiary/aromatic N) is 2. The van der Waals surface area contributed by atoms with Crippen LogP contribution in [-0.4, -0.2) is 20.9 Å². The van der Waals surface area contributed by atoms with Gasteiger partial charge in [0.05, 0.1) is 5.92 Å². The van der Waals surface area contributed by atoms with Crippen molar-refractivity contribution < 1.29 is 31.9 Å². The average molecular weight is 292 g/mol. The molecular weight excluding hydrogens is 287 g/mol. The Hall–Kier alpha value is -2.11. The zero-order chi connectivity index (χ0) is 14.9. The van der Waals surface area contributed by atoms with Crippen LogP contribution in [0, 0.1) is 17.8 Å².